The maximum absolute atomic E-state index is 6.49. The van der Waals surface area contributed by atoms with E-state index in [1.807, 2.05) is 0 Å². The van der Waals surface area contributed by atoms with Crippen molar-refractivity contribution in [3.8, 4) is 0 Å². The zero-order valence-corrected chi connectivity index (χ0v) is 15.0. The second-order valence-corrected chi connectivity index (χ2v) is 9.08. The fraction of sp³-hybridized carbons (Fsp3) is 1.00. The minimum Gasteiger partial charge on any atom is -0.374 e. The van der Waals surface area contributed by atoms with Gasteiger partial charge < -0.3 is 10.1 Å². The second kappa shape index (κ2) is 7.00. The van der Waals surface area contributed by atoms with Crippen LogP contribution >= 0.6 is 0 Å². The summed E-state index contributed by atoms with van der Waals surface area (Å²) < 4.78 is 6.49. The summed E-state index contributed by atoms with van der Waals surface area (Å²) in [4.78, 5) is 0. The Morgan fingerprint density at radius 1 is 1.10 bits per heavy atom. The van der Waals surface area contributed by atoms with Crippen molar-refractivity contribution < 1.29 is 4.74 Å². The largest absolute Gasteiger partial charge is 0.374 e. The highest BCUT2D eigenvalue weighted by atomic mass is 16.5. The van der Waals surface area contributed by atoms with Crippen LogP contribution in [0.3, 0.4) is 0 Å². The average molecular weight is 296 g/mol. The fourth-order valence-corrected chi connectivity index (χ4v) is 3.40. The summed E-state index contributed by atoms with van der Waals surface area (Å²) in [6.07, 6.45) is 9.09. The van der Waals surface area contributed by atoms with E-state index in [0.29, 0.717) is 5.41 Å². The van der Waals surface area contributed by atoms with Gasteiger partial charge in [0, 0.05) is 19.2 Å². The van der Waals surface area contributed by atoms with E-state index in [2.05, 4.69) is 39.9 Å². The molecule has 2 aliphatic carbocycles. The van der Waals surface area contributed by atoms with Gasteiger partial charge in [0.15, 0.2) is 0 Å². The first-order valence-electron chi connectivity index (χ1n) is 9.17. The van der Waals surface area contributed by atoms with Gasteiger partial charge in [0.1, 0.15) is 0 Å². The minimum absolute atomic E-state index is 0.124. The molecule has 2 fully saturated rings. The summed E-state index contributed by atoms with van der Waals surface area (Å²) in [7, 11) is 0. The van der Waals surface area contributed by atoms with Crippen molar-refractivity contribution in [1.82, 2.24) is 5.32 Å². The molecule has 0 bridgehead atoms. The lowest BCUT2D eigenvalue weighted by Crippen LogP contribution is -2.47. The van der Waals surface area contributed by atoms with Crippen molar-refractivity contribution in [3.63, 3.8) is 0 Å². The van der Waals surface area contributed by atoms with Crippen LogP contribution in [0.15, 0.2) is 0 Å². The zero-order chi connectivity index (χ0) is 15.5. The Kier molecular flexibility index (Phi) is 5.76. The highest BCUT2D eigenvalue weighted by Gasteiger charge is 2.38. The fourth-order valence-electron chi connectivity index (χ4n) is 3.40. The Morgan fingerprint density at radius 3 is 2.19 bits per heavy atom. The van der Waals surface area contributed by atoms with E-state index in [9.17, 15) is 0 Å². The van der Waals surface area contributed by atoms with Gasteiger partial charge in [0.05, 0.1) is 5.60 Å². The number of nitrogens with one attached hydrogen (secondary N) is 1. The molecule has 0 radical (unpaired) electrons. The molecular weight excluding hydrogens is 258 g/mol. The first kappa shape index (κ1) is 17.3. The van der Waals surface area contributed by atoms with Crippen LogP contribution in [0.25, 0.3) is 0 Å². The van der Waals surface area contributed by atoms with Crippen molar-refractivity contribution in [2.75, 3.05) is 13.2 Å². The Balaban J connectivity index is 1.85. The Morgan fingerprint density at radius 2 is 1.71 bits per heavy atom. The van der Waals surface area contributed by atoms with Crippen LogP contribution in [-0.2, 0) is 4.74 Å². The van der Waals surface area contributed by atoms with Crippen LogP contribution in [0.5, 0.6) is 0 Å². The first-order chi connectivity index (χ1) is 9.80. The van der Waals surface area contributed by atoms with Crippen LogP contribution in [0.4, 0.5) is 0 Å². The van der Waals surface area contributed by atoms with Crippen molar-refractivity contribution in [3.05, 3.63) is 0 Å². The number of rotatable bonds is 7. The van der Waals surface area contributed by atoms with E-state index in [-0.39, 0.29) is 5.60 Å². The maximum Gasteiger partial charge on any atom is 0.0806 e. The number of hydrogen-bond donors (Lipinski definition) is 1. The normalized spacial score (nSPS) is 30.9. The molecular formula is C19H37NO. The summed E-state index contributed by atoms with van der Waals surface area (Å²) in [5, 5.41) is 3.73. The summed E-state index contributed by atoms with van der Waals surface area (Å²) in [6, 6.07) is 0.788. The Hall–Kier alpha value is -0.0800. The zero-order valence-electron chi connectivity index (χ0n) is 15.0. The van der Waals surface area contributed by atoms with Gasteiger partial charge in [-0.25, -0.2) is 0 Å². The predicted octanol–water partition coefficient (Wildman–Crippen LogP) is 4.78. The molecule has 2 heteroatoms. The van der Waals surface area contributed by atoms with E-state index in [4.69, 9.17) is 4.74 Å². The van der Waals surface area contributed by atoms with Crippen LogP contribution in [-0.4, -0.2) is 24.8 Å². The molecule has 21 heavy (non-hydrogen) atoms. The molecule has 1 N–H and O–H groups in total. The third-order valence-corrected chi connectivity index (χ3v) is 5.43. The van der Waals surface area contributed by atoms with Gasteiger partial charge in [-0.15, -0.1) is 0 Å². The molecule has 0 spiro atoms. The van der Waals surface area contributed by atoms with E-state index in [1.165, 1.54) is 38.5 Å². The van der Waals surface area contributed by atoms with Crippen LogP contribution < -0.4 is 5.32 Å². The average Bonchev–Trinajstić information content (AvgIpc) is 3.19. The minimum atomic E-state index is 0.124. The van der Waals surface area contributed by atoms with Gasteiger partial charge in [-0.1, -0.05) is 34.6 Å². The lowest BCUT2D eigenvalue weighted by molar-refractivity contribution is -0.0857. The molecule has 0 aromatic carbocycles. The molecule has 0 aromatic heterocycles. The summed E-state index contributed by atoms with van der Waals surface area (Å²) in [6.45, 7) is 13.7. The van der Waals surface area contributed by atoms with Gasteiger partial charge in [0.25, 0.3) is 0 Å². The third kappa shape index (κ3) is 5.90. The van der Waals surface area contributed by atoms with Gasteiger partial charge in [0.2, 0.25) is 0 Å². The van der Waals surface area contributed by atoms with Gasteiger partial charge in [-0.05, 0) is 62.2 Å². The molecule has 2 rings (SSSR count). The topological polar surface area (TPSA) is 21.3 Å². The molecule has 0 saturated heterocycles. The van der Waals surface area contributed by atoms with Crippen molar-refractivity contribution >= 4 is 0 Å². The number of hydrogen-bond acceptors (Lipinski definition) is 2. The molecule has 2 aliphatic rings. The second-order valence-electron chi connectivity index (χ2n) is 9.08. The molecule has 0 unspecified atom stereocenters. The van der Waals surface area contributed by atoms with Crippen molar-refractivity contribution in [1.29, 1.82) is 0 Å². The molecule has 2 saturated carbocycles. The molecule has 0 aromatic rings. The summed E-state index contributed by atoms with van der Waals surface area (Å²) in [5.74, 6) is 1.74. The first-order valence-corrected chi connectivity index (χ1v) is 9.17. The Labute approximate surface area is 132 Å². The summed E-state index contributed by atoms with van der Waals surface area (Å²) >= 11 is 0. The summed E-state index contributed by atoms with van der Waals surface area (Å²) in [5.41, 5.74) is 0.499. The molecule has 124 valence electrons. The van der Waals surface area contributed by atoms with E-state index in [0.717, 1.165) is 37.5 Å². The van der Waals surface area contributed by atoms with Crippen molar-refractivity contribution in [2.24, 2.45) is 17.3 Å². The smallest absolute Gasteiger partial charge is 0.0806 e. The van der Waals surface area contributed by atoms with E-state index >= 15 is 0 Å². The monoisotopic (exact) mass is 295 g/mol. The van der Waals surface area contributed by atoms with Crippen LogP contribution in [0.2, 0.25) is 0 Å². The van der Waals surface area contributed by atoms with Gasteiger partial charge >= 0.3 is 0 Å². The van der Waals surface area contributed by atoms with E-state index in [1.54, 1.807) is 0 Å². The molecule has 2 nitrogen and oxygen atoms in total. The van der Waals surface area contributed by atoms with Gasteiger partial charge in [-0.3, -0.25) is 0 Å². The molecule has 0 aliphatic heterocycles. The molecule has 0 amide bonds. The van der Waals surface area contributed by atoms with Gasteiger partial charge in [-0.2, -0.15) is 0 Å². The highest BCUT2D eigenvalue weighted by Crippen LogP contribution is 2.38. The maximum atomic E-state index is 6.49. The number of ether oxygens (including phenoxy) is 1. The molecule has 0 heterocycles. The van der Waals surface area contributed by atoms with Crippen molar-refractivity contribution in [2.45, 2.75) is 91.2 Å². The highest BCUT2D eigenvalue weighted by molar-refractivity contribution is 4.93. The standard InChI is InChI=1S/C19H37NO/c1-15(2)16-8-10-19(11-9-16,14-20-17-6-7-17)21-13-12-18(3,4)5/h15-17,20H,6-14H2,1-5H3. The lowest BCUT2D eigenvalue weighted by atomic mass is 9.74. The van der Waals surface area contributed by atoms with Crippen LogP contribution in [0.1, 0.15) is 79.6 Å². The quantitative estimate of drug-likeness (QED) is 0.730. The predicted molar refractivity (Wildman–Crippen MR) is 90.6 cm³/mol. The van der Waals surface area contributed by atoms with E-state index < -0.39 is 0 Å². The molecule has 0 atom stereocenters. The van der Waals surface area contributed by atoms with Crippen LogP contribution in [0, 0.1) is 17.3 Å². The lowest BCUT2D eigenvalue weighted by Gasteiger charge is -2.42. The SMILES string of the molecule is CC(C)C1CCC(CNC2CC2)(OCCC(C)(C)C)CC1. The third-order valence-electron chi connectivity index (χ3n) is 5.43. The Bertz CT molecular complexity index is 306.